The van der Waals surface area contributed by atoms with Crippen molar-refractivity contribution in [1.29, 1.82) is 0 Å². The Morgan fingerprint density at radius 2 is 2.05 bits per heavy atom. The molecule has 3 nitrogen and oxygen atoms in total. The topological polar surface area (TPSA) is 34.1 Å². The van der Waals surface area contributed by atoms with E-state index in [1.54, 1.807) is 18.5 Å². The summed E-state index contributed by atoms with van der Waals surface area (Å²) in [5.41, 5.74) is 1.94. The number of rotatable bonds is 5. The summed E-state index contributed by atoms with van der Waals surface area (Å²) >= 11 is 12.2. The second-order valence-electron chi connectivity index (χ2n) is 4.27. The first-order chi connectivity index (χ1) is 9.65. The first-order valence-corrected chi connectivity index (χ1v) is 7.11. The van der Waals surface area contributed by atoms with E-state index in [4.69, 9.17) is 27.9 Å². The molecule has 1 N–H and O–H groups in total. The van der Waals surface area contributed by atoms with E-state index >= 15 is 0 Å². The summed E-state index contributed by atoms with van der Waals surface area (Å²) in [6.45, 7) is 2.55. The van der Waals surface area contributed by atoms with Gasteiger partial charge in [0.25, 0.3) is 0 Å². The van der Waals surface area contributed by atoms with Gasteiger partial charge in [0.05, 0.1) is 18.8 Å². The predicted octanol–water partition coefficient (Wildman–Crippen LogP) is 4.10. The van der Waals surface area contributed by atoms with Crippen LogP contribution in [0.4, 0.5) is 0 Å². The molecule has 0 saturated carbocycles. The van der Waals surface area contributed by atoms with Crippen LogP contribution in [0.3, 0.4) is 0 Å². The van der Waals surface area contributed by atoms with Gasteiger partial charge in [0, 0.05) is 16.2 Å². The Morgan fingerprint density at radius 1 is 1.25 bits per heavy atom. The van der Waals surface area contributed by atoms with Crippen LogP contribution in [0.15, 0.2) is 36.7 Å². The zero-order valence-electron chi connectivity index (χ0n) is 11.4. The fourth-order valence-corrected chi connectivity index (χ4v) is 2.59. The molecule has 1 aromatic heterocycles. The molecule has 2 rings (SSSR count). The highest BCUT2D eigenvalue weighted by atomic mass is 35.5. The fourth-order valence-electron chi connectivity index (χ4n) is 2.08. The first-order valence-electron chi connectivity index (χ1n) is 6.35. The zero-order chi connectivity index (χ0) is 14.5. The third kappa shape index (κ3) is 3.42. The van der Waals surface area contributed by atoms with Crippen molar-refractivity contribution in [2.24, 2.45) is 0 Å². The minimum Gasteiger partial charge on any atom is -0.492 e. The third-order valence-electron chi connectivity index (χ3n) is 2.94. The minimum absolute atomic E-state index is 0.0623. The number of nitrogens with one attached hydrogen (secondary N) is 1. The van der Waals surface area contributed by atoms with Gasteiger partial charge in [0.1, 0.15) is 5.75 Å². The third-order valence-corrected chi connectivity index (χ3v) is 3.50. The smallest absolute Gasteiger partial charge is 0.137 e. The normalized spacial score (nSPS) is 12.2. The lowest BCUT2D eigenvalue weighted by Crippen LogP contribution is -2.18. The number of hydrogen-bond acceptors (Lipinski definition) is 3. The molecule has 1 atom stereocenters. The highest BCUT2D eigenvalue weighted by Gasteiger charge is 2.16. The maximum atomic E-state index is 6.28. The van der Waals surface area contributed by atoms with Crippen molar-refractivity contribution < 1.29 is 4.74 Å². The van der Waals surface area contributed by atoms with Crippen molar-refractivity contribution in [2.75, 3.05) is 13.7 Å². The minimum atomic E-state index is -0.0623. The summed E-state index contributed by atoms with van der Waals surface area (Å²) < 4.78 is 5.48. The maximum absolute atomic E-state index is 6.28. The lowest BCUT2D eigenvalue weighted by atomic mass is 10.0. The molecular weight excluding hydrogens is 295 g/mol. The number of hydrogen-bond donors (Lipinski definition) is 1. The summed E-state index contributed by atoms with van der Waals surface area (Å²) in [6, 6.07) is 7.38. The van der Waals surface area contributed by atoms with Gasteiger partial charge in [-0.25, -0.2) is 0 Å². The monoisotopic (exact) mass is 310 g/mol. The molecule has 106 valence electrons. The van der Waals surface area contributed by atoms with Gasteiger partial charge in [-0.3, -0.25) is 4.98 Å². The Hall–Kier alpha value is -1.29. The first kappa shape index (κ1) is 15.1. The van der Waals surface area contributed by atoms with Crippen molar-refractivity contribution in [3.8, 4) is 5.75 Å². The summed E-state index contributed by atoms with van der Waals surface area (Å²) in [4.78, 5) is 4.21. The number of aromatic nitrogens is 1. The van der Waals surface area contributed by atoms with Crippen molar-refractivity contribution >= 4 is 23.2 Å². The number of benzene rings is 1. The Labute approximate surface area is 128 Å². The van der Waals surface area contributed by atoms with E-state index in [0.717, 1.165) is 16.9 Å². The lowest BCUT2D eigenvalue weighted by Gasteiger charge is -2.19. The van der Waals surface area contributed by atoms with Crippen molar-refractivity contribution in [1.82, 2.24) is 10.3 Å². The molecule has 0 bridgehead atoms. The van der Waals surface area contributed by atoms with Crippen molar-refractivity contribution in [3.05, 3.63) is 57.8 Å². The van der Waals surface area contributed by atoms with Crippen LogP contribution < -0.4 is 10.1 Å². The SMILES string of the molecule is CCOc1cncc(C(NC)c2ccc(Cl)cc2Cl)c1. The fraction of sp³-hybridized carbons (Fsp3) is 0.267. The van der Waals surface area contributed by atoms with E-state index in [1.165, 1.54) is 0 Å². The molecule has 0 radical (unpaired) electrons. The Balaban J connectivity index is 2.38. The number of nitrogens with zero attached hydrogens (tertiary/aromatic N) is 1. The van der Waals surface area contributed by atoms with Crippen LogP contribution in [0, 0.1) is 0 Å². The van der Waals surface area contributed by atoms with Crippen molar-refractivity contribution in [2.45, 2.75) is 13.0 Å². The molecule has 0 aliphatic carbocycles. The number of ether oxygens (including phenoxy) is 1. The van der Waals surface area contributed by atoms with E-state index in [2.05, 4.69) is 10.3 Å². The standard InChI is InChI=1S/C15H16Cl2N2O/c1-3-20-12-6-10(8-19-9-12)15(18-2)13-5-4-11(16)7-14(13)17/h4-9,15,18H,3H2,1-2H3. The summed E-state index contributed by atoms with van der Waals surface area (Å²) in [7, 11) is 1.88. The van der Waals surface area contributed by atoms with Crippen LogP contribution in [0.2, 0.25) is 10.0 Å². The molecule has 0 saturated heterocycles. The molecule has 0 aliphatic heterocycles. The molecule has 5 heteroatoms. The Morgan fingerprint density at radius 3 is 2.70 bits per heavy atom. The van der Waals surface area contributed by atoms with E-state index in [0.29, 0.717) is 16.7 Å². The predicted molar refractivity (Wildman–Crippen MR) is 82.8 cm³/mol. The average Bonchev–Trinajstić information content (AvgIpc) is 2.43. The largest absolute Gasteiger partial charge is 0.492 e. The van der Waals surface area contributed by atoms with Crippen LogP contribution in [0.1, 0.15) is 24.1 Å². The van der Waals surface area contributed by atoms with Gasteiger partial charge in [0.15, 0.2) is 0 Å². The summed E-state index contributed by atoms with van der Waals surface area (Å²) in [5.74, 6) is 0.746. The second-order valence-corrected chi connectivity index (χ2v) is 5.12. The Bertz CT molecular complexity index is 590. The number of halogens is 2. The molecule has 0 fully saturated rings. The molecule has 0 aliphatic rings. The lowest BCUT2D eigenvalue weighted by molar-refractivity contribution is 0.338. The molecule has 1 aromatic carbocycles. The van der Waals surface area contributed by atoms with Gasteiger partial charge >= 0.3 is 0 Å². The van der Waals surface area contributed by atoms with E-state index in [9.17, 15) is 0 Å². The van der Waals surface area contributed by atoms with Crippen LogP contribution in [0.5, 0.6) is 5.75 Å². The van der Waals surface area contributed by atoms with E-state index in [-0.39, 0.29) is 6.04 Å². The van der Waals surface area contributed by atoms with Crippen LogP contribution >= 0.6 is 23.2 Å². The highest BCUT2D eigenvalue weighted by molar-refractivity contribution is 6.35. The molecule has 0 spiro atoms. The highest BCUT2D eigenvalue weighted by Crippen LogP contribution is 2.31. The Kier molecular flexibility index (Phi) is 5.24. The van der Waals surface area contributed by atoms with Crippen LogP contribution in [-0.2, 0) is 0 Å². The maximum Gasteiger partial charge on any atom is 0.137 e. The molecule has 1 unspecified atom stereocenters. The van der Waals surface area contributed by atoms with Crippen molar-refractivity contribution in [3.63, 3.8) is 0 Å². The van der Waals surface area contributed by atoms with Gasteiger partial charge in [-0.05, 0) is 43.3 Å². The van der Waals surface area contributed by atoms with Gasteiger partial charge < -0.3 is 10.1 Å². The van der Waals surface area contributed by atoms with Gasteiger partial charge in [-0.1, -0.05) is 29.3 Å². The quantitative estimate of drug-likeness (QED) is 0.903. The van der Waals surface area contributed by atoms with E-state index < -0.39 is 0 Å². The average molecular weight is 311 g/mol. The summed E-state index contributed by atoms with van der Waals surface area (Å²) in [6.07, 6.45) is 3.50. The molecule has 20 heavy (non-hydrogen) atoms. The second kappa shape index (κ2) is 6.93. The van der Waals surface area contributed by atoms with Crippen LogP contribution in [-0.4, -0.2) is 18.6 Å². The zero-order valence-corrected chi connectivity index (χ0v) is 12.9. The number of pyridine rings is 1. The van der Waals surface area contributed by atoms with Gasteiger partial charge in [-0.2, -0.15) is 0 Å². The van der Waals surface area contributed by atoms with Gasteiger partial charge in [-0.15, -0.1) is 0 Å². The molecule has 2 aromatic rings. The van der Waals surface area contributed by atoms with Gasteiger partial charge in [0.2, 0.25) is 0 Å². The molecule has 0 amide bonds. The van der Waals surface area contributed by atoms with Crippen LogP contribution in [0.25, 0.3) is 0 Å². The summed E-state index contributed by atoms with van der Waals surface area (Å²) in [5, 5.41) is 4.49. The van der Waals surface area contributed by atoms with E-state index in [1.807, 2.05) is 32.2 Å². The molecular formula is C15H16Cl2N2O. The molecule has 1 heterocycles.